The Balaban J connectivity index is 1.99. The third-order valence-electron chi connectivity index (χ3n) is 3.64. The molecule has 0 saturated heterocycles. The third-order valence-corrected chi connectivity index (χ3v) is 4.89. The summed E-state index contributed by atoms with van der Waals surface area (Å²) in [6, 6.07) is 8.20. The zero-order valence-corrected chi connectivity index (χ0v) is 15.7. The summed E-state index contributed by atoms with van der Waals surface area (Å²) in [7, 11) is -0.453. The summed E-state index contributed by atoms with van der Waals surface area (Å²) < 4.78 is 40.5. The van der Waals surface area contributed by atoms with Gasteiger partial charge >= 0.3 is 0 Å². The van der Waals surface area contributed by atoms with Crippen molar-refractivity contribution < 1.29 is 27.1 Å². The number of carbonyl (C=O) groups excluding carboxylic acids is 1. The average molecular weight is 382 g/mol. The van der Waals surface area contributed by atoms with E-state index in [9.17, 15) is 13.2 Å². The van der Waals surface area contributed by atoms with Crippen LogP contribution in [0.25, 0.3) is 0 Å². The zero-order valence-electron chi connectivity index (χ0n) is 14.9. The highest BCUT2D eigenvalue weighted by atomic mass is 32.2. The predicted octanol–water partition coefficient (Wildman–Crippen LogP) is 1.49. The van der Waals surface area contributed by atoms with Crippen molar-refractivity contribution in [3.05, 3.63) is 47.9 Å². The molecular weight excluding hydrogens is 360 g/mol. The highest BCUT2D eigenvalue weighted by Crippen LogP contribution is 2.22. The van der Waals surface area contributed by atoms with Crippen LogP contribution in [0.5, 0.6) is 11.5 Å². The molecule has 26 heavy (non-hydrogen) atoms. The Hall–Kier alpha value is -2.52. The smallest absolute Gasteiger partial charge is 0.251 e. The summed E-state index contributed by atoms with van der Waals surface area (Å²) in [4.78, 5) is 12.3. The number of amides is 1. The Morgan fingerprint density at radius 1 is 1.19 bits per heavy atom. The van der Waals surface area contributed by atoms with E-state index in [2.05, 4.69) is 5.32 Å². The molecule has 0 atom stereocenters. The van der Waals surface area contributed by atoms with Gasteiger partial charge in [0.1, 0.15) is 17.3 Å². The summed E-state index contributed by atoms with van der Waals surface area (Å²) >= 11 is 0. The van der Waals surface area contributed by atoms with Crippen molar-refractivity contribution in [3.8, 4) is 11.5 Å². The lowest BCUT2D eigenvalue weighted by atomic mass is 10.2. The van der Waals surface area contributed by atoms with Crippen LogP contribution in [0, 0.1) is 0 Å². The second-order valence-corrected chi connectivity index (χ2v) is 7.52. The van der Waals surface area contributed by atoms with Gasteiger partial charge in [-0.15, -0.1) is 0 Å². The van der Waals surface area contributed by atoms with E-state index in [0.29, 0.717) is 22.8 Å². The van der Waals surface area contributed by atoms with Crippen molar-refractivity contribution in [2.45, 2.75) is 6.54 Å². The second kappa shape index (κ2) is 8.72. The monoisotopic (exact) mass is 382 g/mol. The lowest BCUT2D eigenvalue weighted by molar-refractivity contribution is 0.0950. The van der Waals surface area contributed by atoms with Gasteiger partial charge in [0.2, 0.25) is 10.0 Å². The number of rotatable bonds is 9. The summed E-state index contributed by atoms with van der Waals surface area (Å²) in [5, 5.41) is 2.70. The van der Waals surface area contributed by atoms with E-state index in [4.69, 9.17) is 13.9 Å². The van der Waals surface area contributed by atoms with Crippen LogP contribution in [-0.4, -0.2) is 52.2 Å². The fourth-order valence-electron chi connectivity index (χ4n) is 2.27. The predicted molar refractivity (Wildman–Crippen MR) is 95.8 cm³/mol. The zero-order chi connectivity index (χ0) is 19.2. The molecule has 0 spiro atoms. The van der Waals surface area contributed by atoms with Crippen LogP contribution in [0.1, 0.15) is 16.1 Å². The molecule has 1 aromatic carbocycles. The number of hydrogen-bond donors (Lipinski definition) is 1. The molecule has 1 amide bonds. The molecule has 0 saturated carbocycles. The van der Waals surface area contributed by atoms with Crippen LogP contribution in [0.2, 0.25) is 0 Å². The van der Waals surface area contributed by atoms with Gasteiger partial charge in [-0.05, 0) is 24.3 Å². The van der Waals surface area contributed by atoms with Crippen LogP contribution in [-0.2, 0) is 16.6 Å². The van der Waals surface area contributed by atoms with Gasteiger partial charge < -0.3 is 19.2 Å². The Morgan fingerprint density at radius 2 is 1.85 bits per heavy atom. The van der Waals surface area contributed by atoms with Gasteiger partial charge in [0.25, 0.3) is 5.91 Å². The van der Waals surface area contributed by atoms with E-state index in [-0.39, 0.29) is 25.5 Å². The lowest BCUT2D eigenvalue weighted by Gasteiger charge is -2.19. The minimum atomic E-state index is -3.44. The van der Waals surface area contributed by atoms with Crippen molar-refractivity contribution in [1.82, 2.24) is 9.62 Å². The molecule has 1 aromatic heterocycles. The first kappa shape index (κ1) is 19.8. The first-order chi connectivity index (χ1) is 12.3. The Morgan fingerprint density at radius 3 is 2.35 bits per heavy atom. The molecule has 8 nitrogen and oxygen atoms in total. The summed E-state index contributed by atoms with van der Waals surface area (Å²) in [6.07, 6.45) is 2.60. The number of hydrogen-bond acceptors (Lipinski definition) is 6. The number of nitrogens with one attached hydrogen (secondary N) is 1. The lowest BCUT2D eigenvalue weighted by Crippen LogP contribution is -2.37. The van der Waals surface area contributed by atoms with Crippen molar-refractivity contribution in [1.29, 1.82) is 0 Å². The normalized spacial score (nSPS) is 11.4. The Labute approximate surface area is 152 Å². The molecule has 0 bridgehead atoms. The van der Waals surface area contributed by atoms with Crippen LogP contribution in [0.15, 0.2) is 41.0 Å². The Bertz CT molecular complexity index is 811. The maximum absolute atomic E-state index is 12.3. The molecule has 0 radical (unpaired) electrons. The molecule has 0 aliphatic heterocycles. The van der Waals surface area contributed by atoms with E-state index in [0.717, 1.165) is 6.26 Å². The minimum absolute atomic E-state index is 0.106. The third kappa shape index (κ3) is 5.50. The van der Waals surface area contributed by atoms with Gasteiger partial charge in [0, 0.05) is 24.7 Å². The fourth-order valence-corrected chi connectivity index (χ4v) is 3.06. The number of ether oxygens (including phenoxy) is 2. The maximum Gasteiger partial charge on any atom is 0.251 e. The van der Waals surface area contributed by atoms with Crippen LogP contribution in [0.4, 0.5) is 0 Å². The first-order valence-corrected chi connectivity index (χ1v) is 9.67. The topological polar surface area (TPSA) is 98.1 Å². The molecule has 1 heterocycles. The van der Waals surface area contributed by atoms with Gasteiger partial charge in [0.15, 0.2) is 0 Å². The van der Waals surface area contributed by atoms with E-state index in [1.165, 1.54) is 24.8 Å². The van der Waals surface area contributed by atoms with E-state index in [1.807, 2.05) is 0 Å². The molecule has 0 aliphatic rings. The van der Waals surface area contributed by atoms with Crippen molar-refractivity contribution in [3.63, 3.8) is 0 Å². The number of nitrogens with zero attached hydrogens (tertiary/aromatic N) is 1. The van der Waals surface area contributed by atoms with Crippen molar-refractivity contribution >= 4 is 15.9 Å². The standard InChI is InChI=1S/C17H22N2O6S/c1-23-15-9-13(10-16(11-15)24-2)17(20)18-6-7-19(26(3,21)22)12-14-5-4-8-25-14/h4-5,8-11H,6-7,12H2,1-3H3,(H,18,20). The van der Waals surface area contributed by atoms with E-state index in [1.54, 1.807) is 30.3 Å². The SMILES string of the molecule is COc1cc(OC)cc(C(=O)NCCN(Cc2ccco2)S(C)(=O)=O)c1. The minimum Gasteiger partial charge on any atom is -0.497 e. The molecule has 0 aliphatic carbocycles. The van der Waals surface area contributed by atoms with Gasteiger partial charge in [-0.1, -0.05) is 0 Å². The quantitative estimate of drug-likeness (QED) is 0.706. The van der Waals surface area contributed by atoms with Crippen LogP contribution < -0.4 is 14.8 Å². The van der Waals surface area contributed by atoms with Gasteiger partial charge in [-0.25, -0.2) is 8.42 Å². The van der Waals surface area contributed by atoms with Crippen LogP contribution in [0.3, 0.4) is 0 Å². The van der Waals surface area contributed by atoms with Crippen molar-refractivity contribution in [2.24, 2.45) is 0 Å². The van der Waals surface area contributed by atoms with Crippen LogP contribution >= 0.6 is 0 Å². The fraction of sp³-hybridized carbons (Fsp3) is 0.353. The Kier molecular flexibility index (Phi) is 6.64. The van der Waals surface area contributed by atoms with Gasteiger partial charge in [0.05, 0.1) is 33.3 Å². The average Bonchev–Trinajstić information content (AvgIpc) is 3.12. The van der Waals surface area contributed by atoms with E-state index >= 15 is 0 Å². The molecule has 9 heteroatoms. The molecule has 0 fully saturated rings. The first-order valence-electron chi connectivity index (χ1n) is 7.82. The highest BCUT2D eigenvalue weighted by molar-refractivity contribution is 7.88. The number of furan rings is 1. The van der Waals surface area contributed by atoms with Gasteiger partial charge in [-0.3, -0.25) is 4.79 Å². The molecular formula is C17H22N2O6S. The van der Waals surface area contributed by atoms with Gasteiger partial charge in [-0.2, -0.15) is 4.31 Å². The second-order valence-electron chi connectivity index (χ2n) is 5.53. The molecule has 0 unspecified atom stereocenters. The molecule has 1 N–H and O–H groups in total. The number of benzene rings is 1. The van der Waals surface area contributed by atoms with E-state index < -0.39 is 10.0 Å². The summed E-state index contributed by atoms with van der Waals surface area (Å²) in [5.74, 6) is 1.16. The maximum atomic E-state index is 12.3. The summed E-state index contributed by atoms with van der Waals surface area (Å²) in [5.41, 5.74) is 0.359. The number of sulfonamides is 1. The number of methoxy groups -OCH3 is 2. The summed E-state index contributed by atoms with van der Waals surface area (Å²) in [6.45, 7) is 0.368. The van der Waals surface area contributed by atoms with Crippen molar-refractivity contribution in [2.75, 3.05) is 33.6 Å². The molecule has 2 aromatic rings. The highest BCUT2D eigenvalue weighted by Gasteiger charge is 2.18. The largest absolute Gasteiger partial charge is 0.497 e. The molecule has 2 rings (SSSR count). The molecule has 142 valence electrons. The number of carbonyl (C=O) groups is 1.